The molecule has 110 valence electrons. The predicted molar refractivity (Wildman–Crippen MR) is 83.7 cm³/mol. The summed E-state index contributed by atoms with van der Waals surface area (Å²) in [5, 5.41) is 0. The number of nitrogens with two attached hydrogens (primary N) is 1. The molecule has 1 saturated heterocycles. The third-order valence-electron chi connectivity index (χ3n) is 5.27. The molecule has 20 heavy (non-hydrogen) atoms. The predicted octanol–water partition coefficient (Wildman–Crippen LogP) is 1.86. The third kappa shape index (κ3) is 2.39. The number of hydrogen-bond donors (Lipinski definition) is 1. The fraction of sp³-hybridized carbons (Fsp3) is 0.647. The van der Waals surface area contributed by atoms with Crippen LogP contribution in [0.4, 0.5) is 0 Å². The first kappa shape index (κ1) is 14.1. The quantitative estimate of drug-likeness (QED) is 0.912. The van der Waals surface area contributed by atoms with Gasteiger partial charge in [0.25, 0.3) is 0 Å². The van der Waals surface area contributed by atoms with Crippen LogP contribution < -0.4 is 5.73 Å². The van der Waals surface area contributed by atoms with E-state index in [0.29, 0.717) is 6.04 Å². The smallest absolute Gasteiger partial charge is 0.0474 e. The maximum absolute atomic E-state index is 6.21. The molecular formula is C17H27N3. The maximum Gasteiger partial charge on any atom is 0.0474 e. The number of nitrogens with zero attached hydrogens (tertiary/aromatic N) is 2. The van der Waals surface area contributed by atoms with Crippen LogP contribution >= 0.6 is 0 Å². The van der Waals surface area contributed by atoms with E-state index >= 15 is 0 Å². The van der Waals surface area contributed by atoms with Crippen molar-refractivity contribution < 1.29 is 0 Å². The van der Waals surface area contributed by atoms with Crippen LogP contribution in [0.15, 0.2) is 24.3 Å². The van der Waals surface area contributed by atoms with Gasteiger partial charge in [-0.1, -0.05) is 24.3 Å². The summed E-state index contributed by atoms with van der Waals surface area (Å²) < 4.78 is 0. The van der Waals surface area contributed by atoms with Gasteiger partial charge >= 0.3 is 0 Å². The summed E-state index contributed by atoms with van der Waals surface area (Å²) in [5.74, 6) is 0. The van der Waals surface area contributed by atoms with E-state index in [2.05, 4.69) is 47.9 Å². The van der Waals surface area contributed by atoms with Gasteiger partial charge in [0.05, 0.1) is 0 Å². The monoisotopic (exact) mass is 273 g/mol. The second-order valence-electron chi connectivity index (χ2n) is 6.68. The lowest BCUT2D eigenvalue weighted by molar-refractivity contribution is 0.0805. The number of likely N-dealkylation sites (tertiary alicyclic amines) is 1. The molecule has 0 amide bonds. The zero-order chi connectivity index (χ0) is 14.2. The van der Waals surface area contributed by atoms with Crippen LogP contribution in [0.3, 0.4) is 0 Å². The van der Waals surface area contributed by atoms with Crippen molar-refractivity contribution in [1.29, 1.82) is 0 Å². The van der Waals surface area contributed by atoms with E-state index < -0.39 is 0 Å². The molecule has 0 bridgehead atoms. The minimum absolute atomic E-state index is 0.192. The van der Waals surface area contributed by atoms with E-state index in [-0.39, 0.29) is 5.54 Å². The van der Waals surface area contributed by atoms with E-state index in [1.165, 1.54) is 30.5 Å². The molecule has 1 fully saturated rings. The summed E-state index contributed by atoms with van der Waals surface area (Å²) in [4.78, 5) is 5.23. The van der Waals surface area contributed by atoms with Crippen LogP contribution in [-0.2, 0) is 13.0 Å². The first-order valence-corrected chi connectivity index (χ1v) is 7.90. The van der Waals surface area contributed by atoms with Crippen LogP contribution in [0.25, 0.3) is 0 Å². The average Bonchev–Trinajstić information content (AvgIpc) is 2.93. The van der Waals surface area contributed by atoms with Gasteiger partial charge in [-0.25, -0.2) is 0 Å². The third-order valence-corrected chi connectivity index (χ3v) is 5.27. The molecule has 0 saturated carbocycles. The van der Waals surface area contributed by atoms with Crippen molar-refractivity contribution in [3.8, 4) is 0 Å². The minimum atomic E-state index is 0.192. The fourth-order valence-electron chi connectivity index (χ4n) is 3.78. The van der Waals surface area contributed by atoms with Crippen molar-refractivity contribution in [1.82, 2.24) is 9.80 Å². The molecule has 3 heteroatoms. The Bertz CT molecular complexity index is 471. The summed E-state index contributed by atoms with van der Waals surface area (Å²) in [5.41, 5.74) is 9.42. The molecule has 0 spiro atoms. The molecule has 1 atom stereocenters. The lowest BCUT2D eigenvalue weighted by Crippen LogP contribution is -2.57. The highest BCUT2D eigenvalue weighted by atomic mass is 15.3. The second-order valence-corrected chi connectivity index (χ2v) is 6.68. The standard InChI is InChI=1S/C17H27N3/c1-14(2)19-10-8-17(12-18,13-19)20-9-7-15-5-3-4-6-16(15)11-20/h3-6,14H,7-13,18H2,1-2H3. The highest BCUT2D eigenvalue weighted by Crippen LogP contribution is 2.32. The van der Waals surface area contributed by atoms with Crippen molar-refractivity contribution in [3.63, 3.8) is 0 Å². The Kier molecular flexibility index (Phi) is 3.85. The van der Waals surface area contributed by atoms with E-state index in [0.717, 1.165) is 26.2 Å². The molecule has 2 aliphatic heterocycles. The van der Waals surface area contributed by atoms with Crippen molar-refractivity contribution in [3.05, 3.63) is 35.4 Å². The first-order valence-electron chi connectivity index (χ1n) is 7.90. The Hall–Kier alpha value is -0.900. The summed E-state index contributed by atoms with van der Waals surface area (Å²) in [6, 6.07) is 9.49. The largest absolute Gasteiger partial charge is 0.329 e. The van der Waals surface area contributed by atoms with Gasteiger partial charge in [0, 0.05) is 44.3 Å². The minimum Gasteiger partial charge on any atom is -0.329 e. The van der Waals surface area contributed by atoms with Crippen LogP contribution in [0.1, 0.15) is 31.4 Å². The maximum atomic E-state index is 6.21. The van der Waals surface area contributed by atoms with E-state index in [1.807, 2.05) is 0 Å². The Morgan fingerprint density at radius 2 is 1.95 bits per heavy atom. The Morgan fingerprint density at radius 1 is 1.20 bits per heavy atom. The van der Waals surface area contributed by atoms with Crippen molar-refractivity contribution >= 4 is 0 Å². The molecule has 2 aliphatic rings. The van der Waals surface area contributed by atoms with Gasteiger partial charge in [-0.05, 0) is 37.8 Å². The zero-order valence-electron chi connectivity index (χ0n) is 12.8. The number of hydrogen-bond acceptors (Lipinski definition) is 3. The van der Waals surface area contributed by atoms with Gasteiger partial charge in [0.2, 0.25) is 0 Å². The fourth-order valence-corrected chi connectivity index (χ4v) is 3.78. The van der Waals surface area contributed by atoms with Crippen LogP contribution in [0.2, 0.25) is 0 Å². The lowest BCUT2D eigenvalue weighted by atomic mass is 9.90. The van der Waals surface area contributed by atoms with Gasteiger partial charge in [-0.15, -0.1) is 0 Å². The molecule has 3 rings (SSSR count). The van der Waals surface area contributed by atoms with E-state index in [4.69, 9.17) is 5.73 Å². The zero-order valence-corrected chi connectivity index (χ0v) is 12.8. The number of rotatable bonds is 3. The topological polar surface area (TPSA) is 32.5 Å². The molecule has 1 aromatic carbocycles. The summed E-state index contributed by atoms with van der Waals surface area (Å²) in [6.07, 6.45) is 2.38. The van der Waals surface area contributed by atoms with Gasteiger partial charge in [-0.2, -0.15) is 0 Å². The first-order chi connectivity index (χ1) is 9.64. The van der Waals surface area contributed by atoms with Crippen molar-refractivity contribution in [2.24, 2.45) is 5.73 Å². The van der Waals surface area contributed by atoms with Gasteiger partial charge in [0.1, 0.15) is 0 Å². The molecule has 3 nitrogen and oxygen atoms in total. The van der Waals surface area contributed by atoms with Crippen LogP contribution in [0, 0.1) is 0 Å². The Morgan fingerprint density at radius 3 is 2.60 bits per heavy atom. The molecule has 0 aromatic heterocycles. The highest BCUT2D eigenvalue weighted by Gasteiger charge is 2.43. The summed E-state index contributed by atoms with van der Waals surface area (Å²) >= 11 is 0. The van der Waals surface area contributed by atoms with Gasteiger partial charge in [-0.3, -0.25) is 9.80 Å². The highest BCUT2D eigenvalue weighted by molar-refractivity contribution is 5.29. The Balaban J connectivity index is 1.79. The summed E-state index contributed by atoms with van der Waals surface area (Å²) in [6.45, 7) is 9.89. The number of fused-ring (bicyclic) bond motifs is 1. The molecule has 0 aliphatic carbocycles. The van der Waals surface area contributed by atoms with E-state index in [9.17, 15) is 0 Å². The second kappa shape index (κ2) is 5.47. The molecule has 1 aromatic rings. The van der Waals surface area contributed by atoms with Crippen molar-refractivity contribution in [2.75, 3.05) is 26.2 Å². The van der Waals surface area contributed by atoms with Crippen molar-refractivity contribution in [2.45, 2.75) is 44.8 Å². The number of benzene rings is 1. The van der Waals surface area contributed by atoms with E-state index in [1.54, 1.807) is 0 Å². The SMILES string of the molecule is CC(C)N1CCC(CN)(N2CCc3ccccc3C2)C1. The molecule has 0 radical (unpaired) electrons. The molecule has 1 unspecified atom stereocenters. The average molecular weight is 273 g/mol. The normalized spacial score (nSPS) is 28.0. The van der Waals surface area contributed by atoms with Crippen LogP contribution in [-0.4, -0.2) is 47.6 Å². The van der Waals surface area contributed by atoms with Gasteiger partial charge < -0.3 is 5.73 Å². The molecular weight excluding hydrogens is 246 g/mol. The summed E-state index contributed by atoms with van der Waals surface area (Å²) in [7, 11) is 0. The molecule has 2 N–H and O–H groups in total. The van der Waals surface area contributed by atoms with Gasteiger partial charge in [0.15, 0.2) is 0 Å². The molecule has 2 heterocycles. The lowest BCUT2D eigenvalue weighted by Gasteiger charge is -2.43. The van der Waals surface area contributed by atoms with Crippen LogP contribution in [0.5, 0.6) is 0 Å². The Labute approximate surface area is 122 Å².